The van der Waals surface area contributed by atoms with Crippen molar-refractivity contribution in [2.24, 2.45) is 0 Å². The van der Waals surface area contributed by atoms with Gasteiger partial charge in [0.1, 0.15) is 15.8 Å². The van der Waals surface area contributed by atoms with Crippen LogP contribution in [0.5, 0.6) is 5.75 Å². The van der Waals surface area contributed by atoms with Crippen LogP contribution >= 0.6 is 35.6 Å². The van der Waals surface area contributed by atoms with E-state index in [4.69, 9.17) is 38.8 Å². The molecule has 0 radical (unpaired) electrons. The van der Waals surface area contributed by atoms with E-state index in [0.717, 1.165) is 68.2 Å². The van der Waals surface area contributed by atoms with Crippen molar-refractivity contribution in [3.8, 4) is 22.7 Å². The standard InChI is InChI=1S/C31H34ClN3O4S2/c1-39-26-17-16-22(19-25(26)32)29-23(21-35(33-29)24-13-9-8-10-14-24)20-27-30(38)34(31(40)41-27)18-12-7-5-3-2-4-6-11-15-28(36)37/h8-10,13-14,16-17,19-21H,2-7,11-12,15,18H2,1H3,(H,36,37). The molecule has 1 fully saturated rings. The number of methoxy groups -OCH3 is 1. The summed E-state index contributed by atoms with van der Waals surface area (Å²) in [5, 5.41) is 14.0. The van der Waals surface area contributed by atoms with Gasteiger partial charge in [0, 0.05) is 30.3 Å². The lowest BCUT2D eigenvalue weighted by Crippen LogP contribution is -2.29. The average molecular weight is 612 g/mol. The van der Waals surface area contributed by atoms with Crippen LogP contribution in [-0.4, -0.2) is 49.6 Å². The summed E-state index contributed by atoms with van der Waals surface area (Å²) >= 11 is 13.3. The summed E-state index contributed by atoms with van der Waals surface area (Å²) in [7, 11) is 1.58. The third-order valence-electron chi connectivity index (χ3n) is 6.87. The van der Waals surface area contributed by atoms with E-state index >= 15 is 0 Å². The maximum absolute atomic E-state index is 13.3. The Hall–Kier alpha value is -3.14. The van der Waals surface area contributed by atoms with E-state index in [1.807, 2.05) is 60.8 Å². The first-order valence-corrected chi connectivity index (χ1v) is 15.4. The number of carboxylic acid groups (broad SMARTS) is 1. The Morgan fingerprint density at radius 1 is 1.05 bits per heavy atom. The smallest absolute Gasteiger partial charge is 0.303 e. The molecule has 2 aromatic carbocycles. The number of halogens is 1. The van der Waals surface area contributed by atoms with Crippen LogP contribution in [-0.2, 0) is 9.59 Å². The van der Waals surface area contributed by atoms with Crippen molar-refractivity contribution >= 4 is 57.9 Å². The molecule has 1 saturated heterocycles. The number of rotatable bonds is 15. The first kappa shape index (κ1) is 30.8. The minimum Gasteiger partial charge on any atom is -0.495 e. The van der Waals surface area contributed by atoms with Crippen molar-refractivity contribution in [3.05, 3.63) is 70.2 Å². The number of thioether (sulfide) groups is 1. The SMILES string of the molecule is COc1ccc(-c2nn(-c3ccccc3)cc2C=C2SC(=S)N(CCCCCCCCCCC(=O)O)C2=O)cc1Cl. The molecule has 2 heterocycles. The van der Waals surface area contributed by atoms with E-state index in [9.17, 15) is 9.59 Å². The fraction of sp³-hybridized carbons (Fsp3) is 0.355. The third-order valence-corrected chi connectivity index (χ3v) is 8.54. The van der Waals surface area contributed by atoms with Gasteiger partial charge in [-0.05, 0) is 49.2 Å². The van der Waals surface area contributed by atoms with E-state index in [0.29, 0.717) is 32.2 Å². The molecule has 1 aliphatic rings. The average Bonchev–Trinajstić information content (AvgIpc) is 3.50. The summed E-state index contributed by atoms with van der Waals surface area (Å²) in [5.74, 6) is -0.221. The number of unbranched alkanes of at least 4 members (excludes halogenated alkanes) is 7. The molecule has 0 spiro atoms. The summed E-state index contributed by atoms with van der Waals surface area (Å²) in [6, 6.07) is 15.3. The second kappa shape index (κ2) is 15.2. The van der Waals surface area contributed by atoms with Crippen molar-refractivity contribution in [1.82, 2.24) is 14.7 Å². The van der Waals surface area contributed by atoms with E-state index < -0.39 is 5.97 Å². The van der Waals surface area contributed by atoms with Gasteiger partial charge in [-0.25, -0.2) is 4.68 Å². The molecule has 10 heteroatoms. The van der Waals surface area contributed by atoms with Crippen LogP contribution in [0, 0.1) is 0 Å². The number of aromatic nitrogens is 2. The quantitative estimate of drug-likeness (QED) is 0.106. The zero-order chi connectivity index (χ0) is 29.2. The molecule has 1 amide bonds. The molecular weight excluding hydrogens is 578 g/mol. The molecule has 1 N–H and O–H groups in total. The second-order valence-corrected chi connectivity index (χ2v) is 12.0. The van der Waals surface area contributed by atoms with E-state index in [1.54, 1.807) is 16.7 Å². The van der Waals surface area contributed by atoms with Crippen LogP contribution in [0.2, 0.25) is 5.02 Å². The Balaban J connectivity index is 1.41. The molecular formula is C31H34ClN3O4S2. The zero-order valence-electron chi connectivity index (χ0n) is 23.1. The van der Waals surface area contributed by atoms with Gasteiger partial charge in [0.05, 0.1) is 22.7 Å². The van der Waals surface area contributed by atoms with Crippen LogP contribution in [0.3, 0.4) is 0 Å². The Labute approximate surface area is 255 Å². The number of carbonyl (C=O) groups is 2. The number of nitrogens with zero attached hydrogens (tertiary/aromatic N) is 3. The number of aliphatic carboxylic acids is 1. The van der Waals surface area contributed by atoms with Gasteiger partial charge in [-0.1, -0.05) is 92.3 Å². The predicted molar refractivity (Wildman–Crippen MR) is 170 cm³/mol. The predicted octanol–water partition coefficient (Wildman–Crippen LogP) is 8.00. The maximum atomic E-state index is 13.3. The van der Waals surface area contributed by atoms with Gasteiger partial charge in [-0.2, -0.15) is 5.10 Å². The molecule has 0 atom stereocenters. The number of benzene rings is 2. The number of hydrogen-bond acceptors (Lipinski definition) is 6. The number of carbonyl (C=O) groups excluding carboxylic acids is 1. The monoisotopic (exact) mass is 611 g/mol. The largest absolute Gasteiger partial charge is 0.495 e. The van der Waals surface area contributed by atoms with Gasteiger partial charge in [-0.15, -0.1) is 0 Å². The summed E-state index contributed by atoms with van der Waals surface area (Å²) in [4.78, 5) is 26.2. The van der Waals surface area contributed by atoms with Gasteiger partial charge in [0.25, 0.3) is 5.91 Å². The van der Waals surface area contributed by atoms with E-state index in [2.05, 4.69) is 0 Å². The minimum atomic E-state index is -0.722. The highest BCUT2D eigenvalue weighted by Crippen LogP contribution is 2.36. The molecule has 3 aromatic rings. The lowest BCUT2D eigenvalue weighted by molar-refractivity contribution is -0.137. The van der Waals surface area contributed by atoms with Gasteiger partial charge in [0.2, 0.25) is 0 Å². The lowest BCUT2D eigenvalue weighted by atomic mass is 10.1. The number of carboxylic acids is 1. The molecule has 4 rings (SSSR count). The zero-order valence-corrected chi connectivity index (χ0v) is 25.4. The van der Waals surface area contributed by atoms with Gasteiger partial charge >= 0.3 is 5.97 Å². The normalized spacial score (nSPS) is 14.3. The molecule has 41 heavy (non-hydrogen) atoms. The van der Waals surface area contributed by atoms with Crippen LogP contribution in [0.4, 0.5) is 0 Å². The summed E-state index contributed by atoms with van der Waals surface area (Å²) < 4.78 is 7.68. The summed E-state index contributed by atoms with van der Waals surface area (Å²) in [6.07, 6.45) is 12.1. The Bertz CT molecular complexity index is 1410. The van der Waals surface area contributed by atoms with Crippen molar-refractivity contribution < 1.29 is 19.4 Å². The Kier molecular flexibility index (Phi) is 11.4. The summed E-state index contributed by atoms with van der Waals surface area (Å²) in [5.41, 5.74) is 3.21. The Morgan fingerprint density at radius 2 is 1.73 bits per heavy atom. The highest BCUT2D eigenvalue weighted by atomic mass is 35.5. The van der Waals surface area contributed by atoms with E-state index in [-0.39, 0.29) is 12.3 Å². The van der Waals surface area contributed by atoms with Crippen LogP contribution in [0.15, 0.2) is 59.6 Å². The van der Waals surface area contributed by atoms with Gasteiger partial charge in [0.15, 0.2) is 0 Å². The highest BCUT2D eigenvalue weighted by Gasteiger charge is 2.32. The van der Waals surface area contributed by atoms with Crippen molar-refractivity contribution in [2.75, 3.05) is 13.7 Å². The Morgan fingerprint density at radius 3 is 2.39 bits per heavy atom. The fourth-order valence-electron chi connectivity index (χ4n) is 4.68. The number of amides is 1. The fourth-order valence-corrected chi connectivity index (χ4v) is 6.24. The molecule has 0 unspecified atom stereocenters. The highest BCUT2D eigenvalue weighted by molar-refractivity contribution is 8.26. The summed E-state index contributed by atoms with van der Waals surface area (Å²) in [6.45, 7) is 0.602. The van der Waals surface area contributed by atoms with Crippen molar-refractivity contribution in [2.45, 2.75) is 57.8 Å². The first-order chi connectivity index (χ1) is 19.9. The van der Waals surface area contributed by atoms with Crippen molar-refractivity contribution in [1.29, 1.82) is 0 Å². The first-order valence-electron chi connectivity index (χ1n) is 13.8. The van der Waals surface area contributed by atoms with Gasteiger partial charge in [-0.3, -0.25) is 14.5 Å². The van der Waals surface area contributed by atoms with Crippen molar-refractivity contribution in [3.63, 3.8) is 0 Å². The van der Waals surface area contributed by atoms with Crippen LogP contribution < -0.4 is 4.74 Å². The number of thiocarbonyl (C=S) groups is 1. The second-order valence-electron chi connectivity index (χ2n) is 9.87. The molecule has 1 aliphatic heterocycles. The number of hydrogen-bond donors (Lipinski definition) is 1. The van der Waals surface area contributed by atoms with Crippen LogP contribution in [0.1, 0.15) is 63.4 Å². The molecule has 7 nitrogen and oxygen atoms in total. The van der Waals surface area contributed by atoms with Gasteiger partial charge < -0.3 is 9.84 Å². The van der Waals surface area contributed by atoms with Crippen LogP contribution in [0.25, 0.3) is 23.0 Å². The molecule has 0 bridgehead atoms. The number of para-hydroxylation sites is 1. The molecule has 0 aliphatic carbocycles. The molecule has 1 aromatic heterocycles. The topological polar surface area (TPSA) is 84.7 Å². The number of ether oxygens (including phenoxy) is 1. The third kappa shape index (κ3) is 8.44. The van der Waals surface area contributed by atoms with E-state index in [1.165, 1.54) is 11.8 Å². The minimum absolute atomic E-state index is 0.0791. The maximum Gasteiger partial charge on any atom is 0.303 e. The lowest BCUT2D eigenvalue weighted by Gasteiger charge is -2.14. The molecule has 216 valence electrons. The molecule has 0 saturated carbocycles.